The number of benzene rings is 1. The van der Waals surface area contributed by atoms with E-state index in [-0.39, 0.29) is 18.0 Å². The molecule has 6 nitrogen and oxygen atoms in total. The zero-order valence-electron chi connectivity index (χ0n) is 12.3. The van der Waals surface area contributed by atoms with Gasteiger partial charge in [0.05, 0.1) is 17.1 Å². The summed E-state index contributed by atoms with van der Waals surface area (Å²) in [5.41, 5.74) is 7.88. The minimum Gasteiger partial charge on any atom is -0.398 e. The maximum Gasteiger partial charge on any atom is 0.243 e. The zero-order valence-corrected chi connectivity index (χ0v) is 13.1. The number of nitrogens with two attached hydrogens (primary N) is 1. The predicted octanol–water partition coefficient (Wildman–Crippen LogP) is 0.120. The Kier molecular flexibility index (Phi) is 4.57. The van der Waals surface area contributed by atoms with Gasteiger partial charge in [-0.3, -0.25) is 0 Å². The van der Waals surface area contributed by atoms with E-state index in [1.54, 1.807) is 12.1 Å². The van der Waals surface area contributed by atoms with Gasteiger partial charge in [0, 0.05) is 18.8 Å². The monoisotopic (exact) mass is 314 g/mol. The van der Waals surface area contributed by atoms with Crippen LogP contribution in [0.1, 0.15) is 25.0 Å². The first-order chi connectivity index (χ1) is 9.81. The van der Waals surface area contributed by atoms with E-state index in [4.69, 9.17) is 5.73 Å². The van der Waals surface area contributed by atoms with Gasteiger partial charge in [-0.15, -0.1) is 0 Å². The van der Waals surface area contributed by atoms with Crippen molar-refractivity contribution in [1.82, 2.24) is 4.31 Å². The lowest BCUT2D eigenvalue weighted by Gasteiger charge is -2.20. The summed E-state index contributed by atoms with van der Waals surface area (Å²) < 4.78 is 26.7. The SMILES string of the molecule is CCc1cc(N)c(CC)c(S(=O)(=O)N2C[C@@H](O)[C@@H](O)C2)c1. The number of aryl methyl sites for hydroxylation is 1. The zero-order chi connectivity index (χ0) is 15.8. The number of nitrogen functional groups attached to an aromatic ring is 1. The van der Waals surface area contributed by atoms with Crippen LogP contribution in [0.5, 0.6) is 0 Å². The second-order valence-electron chi connectivity index (χ2n) is 5.33. The molecule has 2 atom stereocenters. The van der Waals surface area contributed by atoms with E-state index in [0.29, 0.717) is 24.1 Å². The van der Waals surface area contributed by atoms with Crippen LogP contribution in [0.4, 0.5) is 5.69 Å². The molecule has 1 fully saturated rings. The van der Waals surface area contributed by atoms with Crippen LogP contribution in [0.2, 0.25) is 0 Å². The topological polar surface area (TPSA) is 104 Å². The fourth-order valence-electron chi connectivity index (χ4n) is 2.61. The molecule has 0 aromatic heterocycles. The second-order valence-corrected chi connectivity index (χ2v) is 7.23. The number of rotatable bonds is 4. The van der Waals surface area contributed by atoms with E-state index >= 15 is 0 Å². The Bertz CT molecular complexity index is 620. The van der Waals surface area contributed by atoms with Gasteiger partial charge in [-0.1, -0.05) is 13.8 Å². The first-order valence-electron chi connectivity index (χ1n) is 7.08. The molecule has 0 saturated carbocycles. The fourth-order valence-corrected chi connectivity index (χ4v) is 4.46. The normalized spacial score (nSPS) is 23.6. The maximum atomic E-state index is 12.8. The lowest BCUT2D eigenvalue weighted by Crippen LogP contribution is -2.31. The first kappa shape index (κ1) is 16.2. The molecule has 118 valence electrons. The van der Waals surface area contributed by atoms with Crippen molar-refractivity contribution < 1.29 is 18.6 Å². The Hall–Kier alpha value is -1.15. The summed E-state index contributed by atoms with van der Waals surface area (Å²) in [7, 11) is -3.77. The highest BCUT2D eigenvalue weighted by Crippen LogP contribution is 2.29. The summed E-state index contributed by atoms with van der Waals surface area (Å²) in [6, 6.07) is 3.44. The van der Waals surface area contributed by atoms with Crippen LogP contribution in [0, 0.1) is 0 Å². The third-order valence-electron chi connectivity index (χ3n) is 3.91. The van der Waals surface area contributed by atoms with E-state index in [1.807, 2.05) is 13.8 Å². The van der Waals surface area contributed by atoms with Gasteiger partial charge in [0.2, 0.25) is 10.0 Å². The number of sulfonamides is 1. The van der Waals surface area contributed by atoms with Gasteiger partial charge in [-0.05, 0) is 36.1 Å². The molecule has 0 unspecified atom stereocenters. The highest BCUT2D eigenvalue weighted by molar-refractivity contribution is 7.89. The van der Waals surface area contributed by atoms with Gasteiger partial charge in [0.15, 0.2) is 0 Å². The fraction of sp³-hybridized carbons (Fsp3) is 0.571. The van der Waals surface area contributed by atoms with Gasteiger partial charge in [-0.2, -0.15) is 4.31 Å². The van der Waals surface area contributed by atoms with Crippen LogP contribution in [0.25, 0.3) is 0 Å². The molecule has 1 aromatic rings. The van der Waals surface area contributed by atoms with Crippen molar-refractivity contribution in [1.29, 1.82) is 0 Å². The molecule has 21 heavy (non-hydrogen) atoms. The molecular formula is C14H22N2O4S. The Morgan fingerprint density at radius 2 is 1.76 bits per heavy atom. The van der Waals surface area contributed by atoms with Crippen LogP contribution in [-0.4, -0.2) is 48.2 Å². The number of hydrogen-bond acceptors (Lipinski definition) is 5. The predicted molar refractivity (Wildman–Crippen MR) is 80.4 cm³/mol. The molecule has 1 aromatic carbocycles. The van der Waals surface area contributed by atoms with Crippen molar-refractivity contribution in [2.24, 2.45) is 0 Å². The minimum absolute atomic E-state index is 0.0943. The van der Waals surface area contributed by atoms with Crippen LogP contribution >= 0.6 is 0 Å². The van der Waals surface area contributed by atoms with Crippen molar-refractivity contribution in [2.45, 2.75) is 43.8 Å². The smallest absolute Gasteiger partial charge is 0.243 e. The van der Waals surface area contributed by atoms with Crippen molar-refractivity contribution in [2.75, 3.05) is 18.8 Å². The summed E-state index contributed by atoms with van der Waals surface area (Å²) in [6.45, 7) is 3.59. The van der Waals surface area contributed by atoms with Crippen molar-refractivity contribution in [3.8, 4) is 0 Å². The molecule has 0 aliphatic carbocycles. The van der Waals surface area contributed by atoms with E-state index in [0.717, 1.165) is 9.87 Å². The van der Waals surface area contributed by atoms with E-state index in [1.165, 1.54) is 0 Å². The Morgan fingerprint density at radius 3 is 2.24 bits per heavy atom. The number of hydrogen-bond donors (Lipinski definition) is 3. The summed E-state index contributed by atoms with van der Waals surface area (Å²) in [5, 5.41) is 19.2. The van der Waals surface area contributed by atoms with E-state index < -0.39 is 22.2 Å². The molecule has 0 spiro atoms. The van der Waals surface area contributed by atoms with Crippen LogP contribution < -0.4 is 5.73 Å². The minimum atomic E-state index is -3.77. The lowest BCUT2D eigenvalue weighted by molar-refractivity contribution is 0.0572. The van der Waals surface area contributed by atoms with Crippen LogP contribution in [-0.2, 0) is 22.9 Å². The lowest BCUT2D eigenvalue weighted by atomic mass is 10.1. The Labute approximate surface area is 125 Å². The van der Waals surface area contributed by atoms with Crippen molar-refractivity contribution >= 4 is 15.7 Å². The highest BCUT2D eigenvalue weighted by atomic mass is 32.2. The number of β-amino-alcohol motifs (C(OH)–C–C–N with tert-alkyl or cyclic N) is 2. The summed E-state index contributed by atoms with van der Waals surface area (Å²) in [4.78, 5) is 0.183. The molecular weight excluding hydrogens is 292 g/mol. The van der Waals surface area contributed by atoms with Crippen LogP contribution in [0.15, 0.2) is 17.0 Å². The first-order valence-corrected chi connectivity index (χ1v) is 8.52. The largest absolute Gasteiger partial charge is 0.398 e. The number of aliphatic hydroxyl groups is 2. The van der Waals surface area contributed by atoms with E-state index in [2.05, 4.69) is 0 Å². The maximum absolute atomic E-state index is 12.8. The quantitative estimate of drug-likeness (QED) is 0.685. The summed E-state index contributed by atoms with van der Waals surface area (Å²) >= 11 is 0. The Balaban J connectivity index is 2.51. The summed E-state index contributed by atoms with van der Waals surface area (Å²) in [6.07, 6.45) is -0.904. The average molecular weight is 314 g/mol. The van der Waals surface area contributed by atoms with Gasteiger partial charge >= 0.3 is 0 Å². The molecule has 1 aliphatic rings. The third-order valence-corrected chi connectivity index (χ3v) is 5.81. The standard InChI is InChI=1S/C14H22N2O4S/c1-3-9-5-11(15)10(4-2)14(6-9)21(19,20)16-7-12(17)13(18)8-16/h5-6,12-13,17-18H,3-4,7-8,15H2,1-2H3/t12-,13+. The molecule has 0 amide bonds. The molecule has 1 heterocycles. The number of anilines is 1. The van der Waals surface area contributed by atoms with Crippen molar-refractivity contribution in [3.63, 3.8) is 0 Å². The molecule has 1 saturated heterocycles. The molecule has 4 N–H and O–H groups in total. The Morgan fingerprint density at radius 1 is 1.19 bits per heavy atom. The molecule has 0 radical (unpaired) electrons. The molecule has 1 aliphatic heterocycles. The van der Waals surface area contributed by atoms with Gasteiger partial charge < -0.3 is 15.9 Å². The highest BCUT2D eigenvalue weighted by Gasteiger charge is 2.38. The summed E-state index contributed by atoms with van der Waals surface area (Å²) in [5.74, 6) is 0. The van der Waals surface area contributed by atoms with Gasteiger partial charge in [0.25, 0.3) is 0 Å². The molecule has 7 heteroatoms. The van der Waals surface area contributed by atoms with Gasteiger partial charge in [-0.25, -0.2) is 8.42 Å². The second kappa shape index (κ2) is 5.92. The van der Waals surface area contributed by atoms with Gasteiger partial charge in [0.1, 0.15) is 0 Å². The average Bonchev–Trinajstić information content (AvgIpc) is 2.78. The molecule has 2 rings (SSSR count). The van der Waals surface area contributed by atoms with E-state index in [9.17, 15) is 18.6 Å². The molecule has 0 bridgehead atoms. The number of aliphatic hydroxyl groups excluding tert-OH is 2. The third kappa shape index (κ3) is 2.91. The van der Waals surface area contributed by atoms with Crippen LogP contribution in [0.3, 0.4) is 0 Å². The number of nitrogens with zero attached hydrogens (tertiary/aromatic N) is 1. The van der Waals surface area contributed by atoms with Crippen molar-refractivity contribution in [3.05, 3.63) is 23.3 Å².